The van der Waals surface area contributed by atoms with Gasteiger partial charge < -0.3 is 24.0 Å². The maximum Gasteiger partial charge on any atom is 0.273 e. The number of nitrogens with one attached hydrogen (secondary N) is 1. The first-order chi connectivity index (χ1) is 4.34. The molecule has 1 N–H and O–H groups in total. The molecule has 1 aromatic heterocycles. The van der Waals surface area contributed by atoms with Crippen LogP contribution in [0.5, 0.6) is 0 Å². The van der Waals surface area contributed by atoms with Crippen LogP contribution >= 0.6 is 0 Å². The van der Waals surface area contributed by atoms with E-state index in [2.05, 4.69) is 5.32 Å². The van der Waals surface area contributed by atoms with Crippen molar-refractivity contribution in [2.75, 3.05) is 12.4 Å². The van der Waals surface area contributed by atoms with Gasteiger partial charge in [0.2, 0.25) is 0 Å². The maximum absolute atomic E-state index is 3.06. The Labute approximate surface area is 78.3 Å². The van der Waals surface area contributed by atoms with E-state index >= 15 is 0 Å². The average molecular weight is 250 g/mol. The zero-order chi connectivity index (χ0) is 6.69. The van der Waals surface area contributed by atoms with Gasteiger partial charge in [0.25, 0.3) is 5.82 Å². The van der Waals surface area contributed by atoms with Crippen LogP contribution in [0.1, 0.15) is 0 Å². The van der Waals surface area contributed by atoms with Crippen molar-refractivity contribution in [2.45, 2.75) is 0 Å². The number of aryl methyl sites for hydroxylation is 1. The Balaban J connectivity index is 0.000000810. The highest BCUT2D eigenvalue weighted by Gasteiger charge is 1.95. The predicted octanol–water partition coefficient (Wildman–Crippen LogP) is -2.44. The quantitative estimate of drug-likeness (QED) is 0.432. The van der Waals surface area contributed by atoms with Crippen molar-refractivity contribution < 1.29 is 28.5 Å². The summed E-state index contributed by atoms with van der Waals surface area (Å²) in [6.45, 7) is 0. The Morgan fingerprint density at radius 1 is 1.40 bits per heavy atom. The molecular formula is C7H11IN2. The fraction of sp³-hybridized carbons (Fsp3) is 0.286. The van der Waals surface area contributed by atoms with Crippen LogP contribution in [0.15, 0.2) is 24.4 Å². The summed E-state index contributed by atoms with van der Waals surface area (Å²) in [4.78, 5) is 0. The Bertz CT molecular complexity index is 201. The summed E-state index contributed by atoms with van der Waals surface area (Å²) in [7, 11) is 3.92. The van der Waals surface area contributed by atoms with Crippen LogP contribution in [0.2, 0.25) is 0 Å². The summed E-state index contributed by atoms with van der Waals surface area (Å²) in [5, 5.41) is 3.06. The second-order valence-corrected chi connectivity index (χ2v) is 1.95. The number of halogens is 1. The number of hydrogen-bond donors (Lipinski definition) is 1. The minimum atomic E-state index is 0. The molecule has 0 atom stereocenters. The van der Waals surface area contributed by atoms with Crippen molar-refractivity contribution in [3.8, 4) is 0 Å². The standard InChI is InChI=1S/C7H10N2.HI/c1-8-7-5-3-4-6-9(7)2;/h3-6H,1-2H3;1H. The van der Waals surface area contributed by atoms with Gasteiger partial charge in [-0.2, -0.15) is 0 Å². The van der Waals surface area contributed by atoms with E-state index in [1.165, 1.54) is 0 Å². The number of nitrogens with zero attached hydrogens (tertiary/aromatic N) is 1. The highest BCUT2D eigenvalue weighted by atomic mass is 127. The molecule has 0 fully saturated rings. The van der Waals surface area contributed by atoms with Crippen molar-refractivity contribution >= 4 is 5.82 Å². The smallest absolute Gasteiger partial charge is 0.273 e. The lowest BCUT2D eigenvalue weighted by molar-refractivity contribution is -0.657. The van der Waals surface area contributed by atoms with E-state index in [1.54, 1.807) is 0 Å². The molecule has 10 heavy (non-hydrogen) atoms. The topological polar surface area (TPSA) is 15.9 Å². The Morgan fingerprint density at radius 3 is 2.50 bits per heavy atom. The largest absolute Gasteiger partial charge is 1.00 e. The van der Waals surface area contributed by atoms with Crippen LogP contribution in [-0.4, -0.2) is 7.05 Å². The first-order valence-corrected chi connectivity index (χ1v) is 2.97. The number of rotatable bonds is 1. The lowest BCUT2D eigenvalue weighted by Crippen LogP contribution is -3.00. The fourth-order valence-corrected chi connectivity index (χ4v) is 0.783. The van der Waals surface area contributed by atoms with E-state index < -0.39 is 0 Å². The van der Waals surface area contributed by atoms with Gasteiger partial charge in [-0.05, 0) is 6.07 Å². The number of anilines is 1. The lowest BCUT2D eigenvalue weighted by atomic mass is 10.4. The molecule has 0 radical (unpaired) electrons. The van der Waals surface area contributed by atoms with Crippen LogP contribution in [0.3, 0.4) is 0 Å². The van der Waals surface area contributed by atoms with E-state index in [0.717, 1.165) is 5.82 Å². The Hall–Kier alpha value is -0.320. The van der Waals surface area contributed by atoms with Gasteiger partial charge in [-0.1, -0.05) is 6.07 Å². The summed E-state index contributed by atoms with van der Waals surface area (Å²) in [6.07, 6.45) is 2.01. The molecule has 0 aliphatic rings. The van der Waals surface area contributed by atoms with Crippen LogP contribution in [0.4, 0.5) is 5.82 Å². The van der Waals surface area contributed by atoms with Crippen molar-refractivity contribution in [3.63, 3.8) is 0 Å². The average Bonchev–Trinajstić information content (AvgIpc) is 1.89. The first kappa shape index (κ1) is 9.68. The molecule has 1 rings (SSSR count). The molecular weight excluding hydrogens is 239 g/mol. The second-order valence-electron chi connectivity index (χ2n) is 1.95. The van der Waals surface area contributed by atoms with Crippen LogP contribution < -0.4 is 33.9 Å². The molecule has 0 aliphatic heterocycles. The van der Waals surface area contributed by atoms with E-state index in [-0.39, 0.29) is 24.0 Å². The molecule has 0 aromatic carbocycles. The molecule has 2 nitrogen and oxygen atoms in total. The molecule has 0 bridgehead atoms. The van der Waals surface area contributed by atoms with Gasteiger partial charge >= 0.3 is 0 Å². The molecule has 0 saturated heterocycles. The summed E-state index contributed by atoms with van der Waals surface area (Å²) in [5.41, 5.74) is 0. The minimum Gasteiger partial charge on any atom is -1.00 e. The number of hydrogen-bond acceptors (Lipinski definition) is 1. The molecule has 0 unspecified atom stereocenters. The van der Waals surface area contributed by atoms with Crippen molar-refractivity contribution in [1.82, 2.24) is 0 Å². The van der Waals surface area contributed by atoms with E-state index in [1.807, 2.05) is 43.1 Å². The van der Waals surface area contributed by atoms with Gasteiger partial charge in [0.1, 0.15) is 0 Å². The fourth-order valence-electron chi connectivity index (χ4n) is 0.783. The summed E-state index contributed by atoms with van der Waals surface area (Å²) in [5.74, 6) is 1.12. The minimum absolute atomic E-state index is 0. The molecule has 0 spiro atoms. The zero-order valence-corrected chi connectivity index (χ0v) is 8.29. The van der Waals surface area contributed by atoms with Crippen molar-refractivity contribution in [1.29, 1.82) is 0 Å². The Morgan fingerprint density at radius 2 is 2.10 bits per heavy atom. The van der Waals surface area contributed by atoms with Gasteiger partial charge in [-0.15, -0.1) is 0 Å². The molecule has 56 valence electrons. The van der Waals surface area contributed by atoms with Crippen molar-refractivity contribution in [2.24, 2.45) is 7.05 Å². The lowest BCUT2D eigenvalue weighted by Gasteiger charge is -1.95. The van der Waals surface area contributed by atoms with Crippen LogP contribution in [0.25, 0.3) is 0 Å². The van der Waals surface area contributed by atoms with Gasteiger partial charge in [-0.3, -0.25) is 5.32 Å². The molecule has 0 saturated carbocycles. The first-order valence-electron chi connectivity index (χ1n) is 2.97. The van der Waals surface area contributed by atoms with E-state index in [9.17, 15) is 0 Å². The third kappa shape index (κ3) is 2.13. The third-order valence-electron chi connectivity index (χ3n) is 1.31. The monoisotopic (exact) mass is 250 g/mol. The predicted molar refractivity (Wildman–Crippen MR) is 37.2 cm³/mol. The van der Waals surface area contributed by atoms with Gasteiger partial charge in [0, 0.05) is 6.07 Å². The normalized spacial score (nSPS) is 8.20. The third-order valence-corrected chi connectivity index (χ3v) is 1.31. The number of pyridine rings is 1. The summed E-state index contributed by atoms with van der Waals surface area (Å²) >= 11 is 0. The van der Waals surface area contributed by atoms with Gasteiger partial charge in [0.15, 0.2) is 0 Å². The molecule has 1 aromatic rings. The zero-order valence-electron chi connectivity index (χ0n) is 6.13. The van der Waals surface area contributed by atoms with E-state index in [0.29, 0.717) is 0 Å². The summed E-state index contributed by atoms with van der Waals surface area (Å²) < 4.78 is 2.03. The summed E-state index contributed by atoms with van der Waals surface area (Å²) in [6, 6.07) is 6.03. The highest BCUT2D eigenvalue weighted by Crippen LogP contribution is 1.92. The molecule has 0 aliphatic carbocycles. The van der Waals surface area contributed by atoms with Crippen LogP contribution in [-0.2, 0) is 7.05 Å². The van der Waals surface area contributed by atoms with Gasteiger partial charge in [-0.25, -0.2) is 4.57 Å². The highest BCUT2D eigenvalue weighted by molar-refractivity contribution is 5.25. The maximum atomic E-state index is 3.06. The molecule has 1 heterocycles. The number of aromatic nitrogens is 1. The van der Waals surface area contributed by atoms with Gasteiger partial charge in [0.05, 0.1) is 20.3 Å². The SMILES string of the molecule is CNc1cccc[n+]1C.[I-]. The Kier molecular flexibility index (Phi) is 4.34. The second kappa shape index (κ2) is 4.49. The molecule has 3 heteroatoms. The van der Waals surface area contributed by atoms with Crippen molar-refractivity contribution in [3.05, 3.63) is 24.4 Å². The molecule has 0 amide bonds. The van der Waals surface area contributed by atoms with Crippen LogP contribution in [0, 0.1) is 0 Å². The van der Waals surface area contributed by atoms with E-state index in [4.69, 9.17) is 0 Å².